The quantitative estimate of drug-likeness (QED) is 0.425. The van der Waals surface area contributed by atoms with E-state index in [4.69, 9.17) is 9.15 Å². The number of nitrogens with zero attached hydrogens (tertiary/aromatic N) is 1. The topological polar surface area (TPSA) is 75.3 Å². The molecule has 1 heterocycles. The van der Waals surface area contributed by atoms with E-state index in [0.29, 0.717) is 12.4 Å². The molecule has 130 valence electrons. The van der Waals surface area contributed by atoms with Crippen LogP contribution in [0.1, 0.15) is 37.5 Å². The molecule has 5 nitrogen and oxygen atoms in total. The average molecular weight is 338 g/mol. The average Bonchev–Trinajstić information content (AvgIpc) is 3.16. The Balaban J connectivity index is 1.91. The van der Waals surface area contributed by atoms with Gasteiger partial charge in [-0.15, -0.1) is 0 Å². The minimum Gasteiger partial charge on any atom is -0.494 e. The fraction of sp³-hybridized carbons (Fsp3) is 0.300. The lowest BCUT2D eigenvalue weighted by molar-refractivity contribution is -0.117. The summed E-state index contributed by atoms with van der Waals surface area (Å²) in [4.78, 5) is 12.1. The van der Waals surface area contributed by atoms with E-state index in [0.717, 1.165) is 30.6 Å². The van der Waals surface area contributed by atoms with Crippen molar-refractivity contribution in [2.45, 2.75) is 32.7 Å². The molecule has 0 saturated carbocycles. The van der Waals surface area contributed by atoms with E-state index >= 15 is 0 Å². The molecular formula is C20H22N2O3. The molecule has 0 radical (unpaired) electrons. The van der Waals surface area contributed by atoms with Crippen molar-refractivity contribution in [3.05, 3.63) is 59.6 Å². The lowest BCUT2D eigenvalue weighted by atomic mass is 10.1. The molecule has 0 spiro atoms. The second-order valence-electron chi connectivity index (χ2n) is 5.56. The monoisotopic (exact) mass is 338 g/mol. The molecule has 0 aliphatic heterocycles. The van der Waals surface area contributed by atoms with Gasteiger partial charge in [-0.3, -0.25) is 4.79 Å². The maximum atomic E-state index is 12.1. The number of hydrogen-bond acceptors (Lipinski definition) is 4. The van der Waals surface area contributed by atoms with E-state index in [9.17, 15) is 10.1 Å². The minimum absolute atomic E-state index is 0.0446. The van der Waals surface area contributed by atoms with E-state index in [2.05, 4.69) is 12.2 Å². The number of carbonyl (C=O) groups excluding carboxylic acids is 1. The normalized spacial score (nSPS) is 11.0. The zero-order valence-electron chi connectivity index (χ0n) is 14.3. The van der Waals surface area contributed by atoms with Gasteiger partial charge in [0.05, 0.1) is 19.4 Å². The maximum absolute atomic E-state index is 12.1. The summed E-state index contributed by atoms with van der Waals surface area (Å²) in [5.74, 6) is 0.989. The van der Waals surface area contributed by atoms with E-state index < -0.39 is 5.91 Å². The van der Waals surface area contributed by atoms with Crippen LogP contribution in [0.15, 0.2) is 52.7 Å². The Kier molecular flexibility index (Phi) is 7.33. The van der Waals surface area contributed by atoms with Gasteiger partial charge in [0.1, 0.15) is 23.2 Å². The summed E-state index contributed by atoms with van der Waals surface area (Å²) in [7, 11) is 0. The first kappa shape index (κ1) is 18.3. The molecule has 0 unspecified atom stereocenters. The van der Waals surface area contributed by atoms with Crippen molar-refractivity contribution in [3.8, 4) is 11.8 Å². The molecule has 1 amide bonds. The van der Waals surface area contributed by atoms with E-state index in [1.165, 1.54) is 6.26 Å². The number of ether oxygens (including phenoxy) is 1. The van der Waals surface area contributed by atoms with Crippen molar-refractivity contribution in [2.24, 2.45) is 0 Å². The Morgan fingerprint density at radius 2 is 2.08 bits per heavy atom. The zero-order chi connectivity index (χ0) is 17.9. The number of nitrogens with one attached hydrogen (secondary N) is 1. The van der Waals surface area contributed by atoms with Crippen LogP contribution in [0.5, 0.6) is 5.75 Å². The Hall–Kier alpha value is -3.00. The molecule has 1 aromatic heterocycles. The molecular weight excluding hydrogens is 316 g/mol. The third kappa shape index (κ3) is 6.19. The first-order valence-electron chi connectivity index (χ1n) is 8.38. The largest absolute Gasteiger partial charge is 0.494 e. The zero-order valence-corrected chi connectivity index (χ0v) is 14.3. The Bertz CT molecular complexity index is 725. The molecule has 2 aromatic rings. The van der Waals surface area contributed by atoms with Gasteiger partial charge < -0.3 is 14.5 Å². The van der Waals surface area contributed by atoms with Gasteiger partial charge in [-0.05, 0) is 42.3 Å². The lowest BCUT2D eigenvalue weighted by Gasteiger charge is -2.06. The molecule has 1 aromatic carbocycles. The van der Waals surface area contributed by atoms with Crippen LogP contribution in [0.25, 0.3) is 6.08 Å². The summed E-state index contributed by atoms with van der Waals surface area (Å²) in [6.07, 6.45) is 6.44. The maximum Gasteiger partial charge on any atom is 0.262 e. The van der Waals surface area contributed by atoms with Crippen LogP contribution in [-0.2, 0) is 11.3 Å². The van der Waals surface area contributed by atoms with Crippen LogP contribution in [0.4, 0.5) is 0 Å². The smallest absolute Gasteiger partial charge is 0.262 e. The second kappa shape index (κ2) is 9.99. The van der Waals surface area contributed by atoms with Crippen molar-refractivity contribution in [1.29, 1.82) is 5.26 Å². The summed E-state index contributed by atoms with van der Waals surface area (Å²) in [6, 6.07) is 12.8. The first-order valence-corrected chi connectivity index (χ1v) is 8.38. The van der Waals surface area contributed by atoms with Crippen LogP contribution in [0.2, 0.25) is 0 Å². The minimum atomic E-state index is -0.432. The number of benzene rings is 1. The number of furan rings is 1. The predicted octanol–water partition coefficient (Wildman–Crippen LogP) is 4.07. The SMILES string of the molecule is CCCCCOc1ccc(C=C(C#N)C(=O)NCc2ccco2)cc1. The van der Waals surface area contributed by atoms with Gasteiger partial charge in [-0.1, -0.05) is 31.9 Å². The molecule has 0 aliphatic rings. The molecule has 2 rings (SSSR count). The summed E-state index contributed by atoms with van der Waals surface area (Å²) in [5.41, 5.74) is 0.814. The van der Waals surface area contributed by atoms with Crippen LogP contribution in [0.3, 0.4) is 0 Å². The Morgan fingerprint density at radius 1 is 1.28 bits per heavy atom. The van der Waals surface area contributed by atoms with Crippen LogP contribution >= 0.6 is 0 Å². The fourth-order valence-corrected chi connectivity index (χ4v) is 2.19. The first-order chi connectivity index (χ1) is 12.2. The van der Waals surface area contributed by atoms with Gasteiger partial charge in [0.25, 0.3) is 5.91 Å². The molecule has 0 atom stereocenters. The number of unbranched alkanes of at least 4 members (excludes halogenated alkanes) is 2. The molecule has 0 aliphatic carbocycles. The van der Waals surface area contributed by atoms with Crippen LogP contribution in [0, 0.1) is 11.3 Å². The molecule has 1 N–H and O–H groups in total. The second-order valence-corrected chi connectivity index (χ2v) is 5.56. The highest BCUT2D eigenvalue weighted by Gasteiger charge is 2.09. The Labute approximate surface area is 147 Å². The number of hydrogen-bond donors (Lipinski definition) is 1. The number of nitriles is 1. The van der Waals surface area contributed by atoms with Crippen LogP contribution in [-0.4, -0.2) is 12.5 Å². The highest BCUT2D eigenvalue weighted by atomic mass is 16.5. The number of carbonyl (C=O) groups is 1. The molecule has 25 heavy (non-hydrogen) atoms. The number of rotatable bonds is 9. The standard InChI is InChI=1S/C20H22N2O3/c1-2-3-4-11-24-18-9-7-16(8-10-18)13-17(14-21)20(23)22-15-19-6-5-12-25-19/h5-10,12-13H,2-4,11,15H2,1H3,(H,22,23). The van der Waals surface area contributed by atoms with Crippen molar-refractivity contribution in [1.82, 2.24) is 5.32 Å². The van der Waals surface area contributed by atoms with Gasteiger partial charge in [-0.2, -0.15) is 5.26 Å². The molecule has 0 fully saturated rings. The van der Waals surface area contributed by atoms with E-state index in [1.54, 1.807) is 18.2 Å². The van der Waals surface area contributed by atoms with Crippen LogP contribution < -0.4 is 10.1 Å². The molecule has 5 heteroatoms. The highest BCUT2D eigenvalue weighted by molar-refractivity contribution is 6.01. The van der Waals surface area contributed by atoms with Crippen molar-refractivity contribution < 1.29 is 13.9 Å². The van der Waals surface area contributed by atoms with Gasteiger partial charge in [0, 0.05) is 0 Å². The summed E-state index contributed by atoms with van der Waals surface area (Å²) in [6.45, 7) is 3.09. The lowest BCUT2D eigenvalue weighted by Crippen LogP contribution is -2.23. The Morgan fingerprint density at radius 3 is 2.72 bits per heavy atom. The third-order valence-corrected chi connectivity index (χ3v) is 3.58. The van der Waals surface area contributed by atoms with Gasteiger partial charge in [0.15, 0.2) is 0 Å². The molecule has 0 bridgehead atoms. The predicted molar refractivity (Wildman–Crippen MR) is 95.6 cm³/mol. The van der Waals surface area contributed by atoms with Crippen molar-refractivity contribution >= 4 is 12.0 Å². The third-order valence-electron chi connectivity index (χ3n) is 3.58. The highest BCUT2D eigenvalue weighted by Crippen LogP contribution is 2.15. The summed E-state index contributed by atoms with van der Waals surface area (Å²) < 4.78 is 10.8. The number of amides is 1. The van der Waals surface area contributed by atoms with Crippen molar-refractivity contribution in [3.63, 3.8) is 0 Å². The van der Waals surface area contributed by atoms with E-state index in [-0.39, 0.29) is 12.1 Å². The van der Waals surface area contributed by atoms with Gasteiger partial charge in [-0.25, -0.2) is 0 Å². The van der Waals surface area contributed by atoms with Gasteiger partial charge in [0.2, 0.25) is 0 Å². The van der Waals surface area contributed by atoms with Gasteiger partial charge >= 0.3 is 0 Å². The summed E-state index contributed by atoms with van der Waals surface area (Å²) in [5, 5.41) is 11.9. The van der Waals surface area contributed by atoms with Crippen molar-refractivity contribution in [2.75, 3.05) is 6.61 Å². The molecule has 0 saturated heterocycles. The summed E-state index contributed by atoms with van der Waals surface area (Å²) >= 11 is 0. The fourth-order valence-electron chi connectivity index (χ4n) is 2.19. The van der Waals surface area contributed by atoms with E-state index in [1.807, 2.05) is 30.3 Å².